The van der Waals surface area contributed by atoms with Gasteiger partial charge in [0.05, 0.1) is 0 Å². The summed E-state index contributed by atoms with van der Waals surface area (Å²) >= 11 is 0. The Morgan fingerprint density at radius 2 is 2.38 bits per heavy atom. The average Bonchev–Trinajstić information content (AvgIpc) is 2.72. The molecule has 1 heterocycles. The Hall–Kier alpha value is -0.640. The molecule has 4 heteroatoms. The highest BCUT2D eigenvalue weighted by molar-refractivity contribution is 4.91. The zero-order valence-corrected chi connectivity index (χ0v) is 7.98. The molecule has 0 aromatic rings. The second-order valence-electron chi connectivity index (χ2n) is 4.33. The van der Waals surface area contributed by atoms with E-state index in [9.17, 15) is 10.1 Å². The van der Waals surface area contributed by atoms with E-state index in [2.05, 4.69) is 11.8 Å². The summed E-state index contributed by atoms with van der Waals surface area (Å²) in [7, 11) is 0. The van der Waals surface area contributed by atoms with Crippen molar-refractivity contribution in [1.82, 2.24) is 4.90 Å². The summed E-state index contributed by atoms with van der Waals surface area (Å²) in [6.07, 6.45) is 3.32. The van der Waals surface area contributed by atoms with Gasteiger partial charge in [-0.1, -0.05) is 0 Å². The molecule has 4 nitrogen and oxygen atoms in total. The van der Waals surface area contributed by atoms with Gasteiger partial charge in [0, 0.05) is 29.8 Å². The third-order valence-electron chi connectivity index (χ3n) is 3.32. The van der Waals surface area contributed by atoms with Crippen LogP contribution in [-0.4, -0.2) is 35.0 Å². The Morgan fingerprint density at radius 1 is 1.62 bits per heavy atom. The van der Waals surface area contributed by atoms with Crippen LogP contribution in [-0.2, 0) is 0 Å². The third-order valence-corrected chi connectivity index (χ3v) is 3.32. The Labute approximate surface area is 78.1 Å². The molecule has 0 N–H and O–H groups in total. The summed E-state index contributed by atoms with van der Waals surface area (Å²) < 4.78 is 0. The lowest BCUT2D eigenvalue weighted by atomic mass is 10.2. The molecule has 3 atom stereocenters. The van der Waals surface area contributed by atoms with E-state index in [4.69, 9.17) is 0 Å². The monoisotopic (exact) mass is 184 g/mol. The molecule has 0 amide bonds. The first-order valence-electron chi connectivity index (χ1n) is 5.06. The minimum Gasteiger partial charge on any atom is -0.300 e. The molecule has 1 aliphatic heterocycles. The average molecular weight is 184 g/mol. The largest absolute Gasteiger partial charge is 0.300 e. The number of hydrogen-bond acceptors (Lipinski definition) is 3. The highest BCUT2D eigenvalue weighted by Gasteiger charge is 2.49. The van der Waals surface area contributed by atoms with Crippen LogP contribution in [0, 0.1) is 16.0 Å². The van der Waals surface area contributed by atoms with E-state index >= 15 is 0 Å². The summed E-state index contributed by atoms with van der Waals surface area (Å²) in [4.78, 5) is 12.7. The van der Waals surface area contributed by atoms with Gasteiger partial charge in [0.1, 0.15) is 0 Å². The maximum atomic E-state index is 10.4. The fraction of sp³-hybridized carbons (Fsp3) is 1.00. The van der Waals surface area contributed by atoms with Crippen LogP contribution in [0.25, 0.3) is 0 Å². The first-order valence-corrected chi connectivity index (χ1v) is 5.06. The van der Waals surface area contributed by atoms with Crippen molar-refractivity contribution in [2.75, 3.05) is 13.1 Å². The quantitative estimate of drug-likeness (QED) is 0.488. The Bertz CT molecular complexity index is 220. The molecule has 1 saturated carbocycles. The van der Waals surface area contributed by atoms with Crippen molar-refractivity contribution in [3.05, 3.63) is 10.1 Å². The van der Waals surface area contributed by atoms with Gasteiger partial charge < -0.3 is 4.90 Å². The highest BCUT2D eigenvalue weighted by Crippen LogP contribution is 2.35. The summed E-state index contributed by atoms with van der Waals surface area (Å²) in [5.74, 6) is 0.343. The Morgan fingerprint density at radius 3 is 2.85 bits per heavy atom. The van der Waals surface area contributed by atoms with E-state index in [1.807, 2.05) is 0 Å². The van der Waals surface area contributed by atoms with E-state index in [0.717, 1.165) is 19.5 Å². The topological polar surface area (TPSA) is 46.4 Å². The lowest BCUT2D eigenvalue weighted by Crippen LogP contribution is -2.30. The van der Waals surface area contributed by atoms with Crippen LogP contribution < -0.4 is 0 Å². The zero-order chi connectivity index (χ0) is 9.42. The van der Waals surface area contributed by atoms with Crippen LogP contribution in [0.3, 0.4) is 0 Å². The van der Waals surface area contributed by atoms with Gasteiger partial charge in [-0.05, 0) is 26.3 Å². The molecule has 0 bridgehead atoms. The van der Waals surface area contributed by atoms with Crippen molar-refractivity contribution in [3.63, 3.8) is 0 Å². The van der Waals surface area contributed by atoms with E-state index in [-0.39, 0.29) is 11.0 Å². The van der Waals surface area contributed by atoms with Gasteiger partial charge in [-0.25, -0.2) is 0 Å². The van der Waals surface area contributed by atoms with Crippen LogP contribution in [0.15, 0.2) is 0 Å². The molecule has 13 heavy (non-hydrogen) atoms. The normalized spacial score (nSPS) is 39.3. The number of nitro groups is 1. The SMILES string of the molecule is CC1CCCN1C[C@@H]1C[C@H]1[N+](=O)[O-]. The van der Waals surface area contributed by atoms with Crippen molar-refractivity contribution >= 4 is 0 Å². The van der Waals surface area contributed by atoms with Gasteiger partial charge in [-0.3, -0.25) is 10.1 Å². The molecule has 0 aromatic carbocycles. The van der Waals surface area contributed by atoms with Crippen molar-refractivity contribution in [2.45, 2.75) is 38.3 Å². The van der Waals surface area contributed by atoms with Gasteiger partial charge in [0.2, 0.25) is 6.04 Å². The predicted octanol–water partition coefficient (Wildman–Crippen LogP) is 1.14. The molecule has 0 aromatic heterocycles. The second kappa shape index (κ2) is 3.25. The van der Waals surface area contributed by atoms with E-state index in [0.29, 0.717) is 12.0 Å². The summed E-state index contributed by atoms with van der Waals surface area (Å²) in [5, 5.41) is 10.4. The molecular weight excluding hydrogens is 168 g/mol. The van der Waals surface area contributed by atoms with Crippen molar-refractivity contribution in [3.8, 4) is 0 Å². The van der Waals surface area contributed by atoms with Crippen LogP contribution in [0.4, 0.5) is 0 Å². The van der Waals surface area contributed by atoms with Gasteiger partial charge in [0.25, 0.3) is 0 Å². The molecular formula is C9H16N2O2. The fourth-order valence-electron chi connectivity index (χ4n) is 2.25. The van der Waals surface area contributed by atoms with E-state index < -0.39 is 0 Å². The number of hydrogen-bond donors (Lipinski definition) is 0. The lowest BCUT2D eigenvalue weighted by molar-refractivity contribution is -0.498. The minimum atomic E-state index is -0.229. The number of nitrogens with zero attached hydrogens (tertiary/aromatic N) is 2. The molecule has 1 saturated heterocycles. The lowest BCUT2D eigenvalue weighted by Gasteiger charge is -2.19. The van der Waals surface area contributed by atoms with Crippen molar-refractivity contribution in [2.24, 2.45) is 5.92 Å². The molecule has 1 aliphatic carbocycles. The third kappa shape index (κ3) is 1.82. The smallest absolute Gasteiger partial charge is 0.218 e. The summed E-state index contributed by atoms with van der Waals surface area (Å²) in [6, 6.07) is 0.417. The molecule has 2 rings (SSSR count). The standard InChI is InChI=1S/C9H16N2O2/c1-7-3-2-4-10(7)6-8-5-9(8)11(12)13/h7-9H,2-6H2,1H3/t7?,8-,9+/m0/s1. The van der Waals surface area contributed by atoms with E-state index in [1.54, 1.807) is 0 Å². The number of likely N-dealkylation sites (tertiary alicyclic amines) is 1. The van der Waals surface area contributed by atoms with Gasteiger partial charge in [-0.2, -0.15) is 0 Å². The molecule has 0 spiro atoms. The van der Waals surface area contributed by atoms with Crippen LogP contribution >= 0.6 is 0 Å². The van der Waals surface area contributed by atoms with E-state index in [1.165, 1.54) is 12.8 Å². The zero-order valence-electron chi connectivity index (χ0n) is 7.98. The van der Waals surface area contributed by atoms with Crippen molar-refractivity contribution in [1.29, 1.82) is 0 Å². The maximum Gasteiger partial charge on any atom is 0.218 e. The first-order chi connectivity index (χ1) is 6.18. The van der Waals surface area contributed by atoms with Gasteiger partial charge in [-0.15, -0.1) is 0 Å². The Balaban J connectivity index is 1.77. The highest BCUT2D eigenvalue weighted by atomic mass is 16.6. The molecule has 2 fully saturated rings. The summed E-state index contributed by atoms with van der Waals surface area (Å²) in [6.45, 7) is 4.31. The van der Waals surface area contributed by atoms with Crippen LogP contribution in [0.1, 0.15) is 26.2 Å². The second-order valence-corrected chi connectivity index (χ2v) is 4.33. The molecule has 74 valence electrons. The molecule has 2 aliphatic rings. The maximum absolute atomic E-state index is 10.4. The first kappa shape index (κ1) is 8.94. The summed E-state index contributed by atoms with van der Waals surface area (Å²) in [5.41, 5.74) is 0. The Kier molecular flexibility index (Phi) is 2.24. The van der Waals surface area contributed by atoms with Gasteiger partial charge in [0.15, 0.2) is 0 Å². The van der Waals surface area contributed by atoms with Gasteiger partial charge >= 0.3 is 0 Å². The fourth-order valence-corrected chi connectivity index (χ4v) is 2.25. The number of rotatable bonds is 3. The minimum absolute atomic E-state index is 0.120. The predicted molar refractivity (Wildman–Crippen MR) is 49.2 cm³/mol. The molecule has 1 unspecified atom stereocenters. The van der Waals surface area contributed by atoms with Crippen LogP contribution in [0.5, 0.6) is 0 Å². The van der Waals surface area contributed by atoms with Crippen LogP contribution in [0.2, 0.25) is 0 Å². The van der Waals surface area contributed by atoms with Crippen molar-refractivity contribution < 1.29 is 4.92 Å². The molecule has 0 radical (unpaired) electrons.